The van der Waals surface area contributed by atoms with Crippen molar-refractivity contribution in [1.82, 2.24) is 15.0 Å². The number of pyridine rings is 1. The van der Waals surface area contributed by atoms with Crippen LogP contribution in [-0.4, -0.2) is 27.2 Å². The minimum atomic E-state index is -1.36. The zero-order valence-corrected chi connectivity index (χ0v) is 13.7. The van der Waals surface area contributed by atoms with E-state index in [0.717, 1.165) is 22.1 Å². The molecule has 0 spiro atoms. The third kappa shape index (κ3) is 2.55. The lowest BCUT2D eigenvalue weighted by molar-refractivity contribution is 0.121. The van der Waals surface area contributed by atoms with Crippen LogP contribution in [0.5, 0.6) is 5.75 Å². The molecule has 0 amide bonds. The first kappa shape index (κ1) is 15.4. The Labute approximate surface area is 145 Å². The summed E-state index contributed by atoms with van der Waals surface area (Å²) in [6.45, 7) is 0. The molecule has 5 nitrogen and oxygen atoms in total. The molecular formula is C20H17N3O2. The van der Waals surface area contributed by atoms with Gasteiger partial charge < -0.3 is 14.8 Å². The second kappa shape index (κ2) is 6.03. The van der Waals surface area contributed by atoms with Gasteiger partial charge >= 0.3 is 0 Å². The lowest BCUT2D eigenvalue weighted by Gasteiger charge is -2.27. The number of methoxy groups -OCH3 is 1. The zero-order valence-electron chi connectivity index (χ0n) is 13.7. The Morgan fingerprint density at radius 2 is 1.72 bits per heavy atom. The van der Waals surface area contributed by atoms with Gasteiger partial charge in [0.1, 0.15) is 5.75 Å². The Balaban J connectivity index is 1.92. The number of fused-ring (bicyclic) bond motifs is 1. The molecule has 0 aliphatic carbocycles. The van der Waals surface area contributed by atoms with Crippen LogP contribution in [0.3, 0.4) is 0 Å². The van der Waals surface area contributed by atoms with Crippen molar-refractivity contribution < 1.29 is 9.84 Å². The maximum atomic E-state index is 11.6. The lowest BCUT2D eigenvalue weighted by Crippen LogP contribution is -2.29. The third-order valence-electron chi connectivity index (χ3n) is 4.43. The van der Waals surface area contributed by atoms with Crippen molar-refractivity contribution in [2.75, 3.05) is 7.11 Å². The second-order valence-corrected chi connectivity index (χ2v) is 5.83. The minimum absolute atomic E-state index is 0.534. The molecule has 4 rings (SSSR count). The monoisotopic (exact) mass is 331 g/mol. The van der Waals surface area contributed by atoms with E-state index in [1.165, 1.54) is 0 Å². The van der Waals surface area contributed by atoms with Gasteiger partial charge in [0.15, 0.2) is 5.60 Å². The number of ether oxygens (including phenoxy) is 1. The van der Waals surface area contributed by atoms with Gasteiger partial charge in [0, 0.05) is 18.6 Å². The van der Waals surface area contributed by atoms with Gasteiger partial charge in [0.25, 0.3) is 0 Å². The van der Waals surface area contributed by atoms with Crippen LogP contribution in [0.1, 0.15) is 16.8 Å². The summed E-state index contributed by atoms with van der Waals surface area (Å²) in [6.07, 6.45) is 6.60. The van der Waals surface area contributed by atoms with Crippen LogP contribution in [0, 0.1) is 0 Å². The molecule has 2 N–H and O–H groups in total. The second-order valence-electron chi connectivity index (χ2n) is 5.83. The molecule has 0 fully saturated rings. The maximum absolute atomic E-state index is 11.6. The average molecular weight is 331 g/mol. The van der Waals surface area contributed by atoms with Crippen LogP contribution in [-0.2, 0) is 5.60 Å². The fraction of sp³-hybridized carbons (Fsp3) is 0.100. The van der Waals surface area contributed by atoms with Gasteiger partial charge in [-0.25, -0.2) is 4.98 Å². The van der Waals surface area contributed by atoms with E-state index in [9.17, 15) is 5.11 Å². The van der Waals surface area contributed by atoms with E-state index in [-0.39, 0.29) is 0 Å². The number of imidazole rings is 1. The molecule has 0 bridgehead atoms. The summed E-state index contributed by atoms with van der Waals surface area (Å²) in [5, 5.41) is 13.7. The number of rotatable bonds is 4. The molecule has 5 heteroatoms. The molecule has 25 heavy (non-hydrogen) atoms. The molecule has 0 radical (unpaired) electrons. The van der Waals surface area contributed by atoms with Crippen molar-refractivity contribution in [3.05, 3.63) is 90.3 Å². The molecule has 1 atom stereocenters. The Morgan fingerprint density at radius 3 is 2.44 bits per heavy atom. The molecule has 2 aromatic heterocycles. The van der Waals surface area contributed by atoms with Crippen molar-refractivity contribution in [2.45, 2.75) is 5.60 Å². The molecule has 2 heterocycles. The van der Waals surface area contributed by atoms with Gasteiger partial charge in [-0.2, -0.15) is 0 Å². The first-order valence-electron chi connectivity index (χ1n) is 7.92. The molecular weight excluding hydrogens is 314 g/mol. The van der Waals surface area contributed by atoms with Crippen LogP contribution >= 0.6 is 0 Å². The molecule has 124 valence electrons. The van der Waals surface area contributed by atoms with E-state index in [1.54, 1.807) is 44.2 Å². The number of aliphatic hydroxyl groups is 1. The Kier molecular flexibility index (Phi) is 3.71. The summed E-state index contributed by atoms with van der Waals surface area (Å²) in [5.74, 6) is 0.803. The van der Waals surface area contributed by atoms with E-state index >= 15 is 0 Å². The summed E-state index contributed by atoms with van der Waals surface area (Å²) < 4.78 is 5.28. The lowest BCUT2D eigenvalue weighted by atomic mass is 9.83. The van der Waals surface area contributed by atoms with Crippen molar-refractivity contribution >= 4 is 10.8 Å². The van der Waals surface area contributed by atoms with Crippen molar-refractivity contribution in [1.29, 1.82) is 0 Å². The molecule has 0 saturated heterocycles. The van der Waals surface area contributed by atoms with Crippen LogP contribution in [0.25, 0.3) is 10.8 Å². The van der Waals surface area contributed by atoms with E-state index in [2.05, 4.69) is 15.0 Å². The summed E-state index contributed by atoms with van der Waals surface area (Å²) in [5.41, 5.74) is 0.620. The number of H-pyrrole nitrogens is 1. The van der Waals surface area contributed by atoms with E-state index in [4.69, 9.17) is 4.74 Å². The molecule has 1 unspecified atom stereocenters. The van der Waals surface area contributed by atoms with Gasteiger partial charge in [-0.05, 0) is 52.2 Å². The zero-order chi connectivity index (χ0) is 17.3. The van der Waals surface area contributed by atoms with Gasteiger partial charge in [-0.3, -0.25) is 4.98 Å². The number of aromatic amines is 1. The number of nitrogens with zero attached hydrogens (tertiary/aromatic N) is 2. The number of nitrogens with one attached hydrogen (secondary N) is 1. The van der Waals surface area contributed by atoms with Gasteiger partial charge in [0.2, 0.25) is 0 Å². The molecule has 4 aromatic rings. The molecule has 0 aliphatic rings. The first-order valence-corrected chi connectivity index (χ1v) is 7.92. The Morgan fingerprint density at radius 1 is 0.960 bits per heavy atom. The van der Waals surface area contributed by atoms with Crippen LogP contribution in [0.2, 0.25) is 0 Å². The largest absolute Gasteiger partial charge is 0.497 e. The highest BCUT2D eigenvalue weighted by Crippen LogP contribution is 2.36. The highest BCUT2D eigenvalue weighted by molar-refractivity contribution is 5.85. The topological polar surface area (TPSA) is 71.0 Å². The first-order chi connectivity index (χ1) is 12.2. The Bertz CT molecular complexity index is 1000. The number of aromatic nitrogens is 3. The summed E-state index contributed by atoms with van der Waals surface area (Å²) in [4.78, 5) is 11.3. The van der Waals surface area contributed by atoms with E-state index in [1.807, 2.05) is 36.4 Å². The van der Waals surface area contributed by atoms with Gasteiger partial charge in [-0.15, -0.1) is 0 Å². The van der Waals surface area contributed by atoms with Crippen LogP contribution < -0.4 is 4.74 Å². The highest BCUT2D eigenvalue weighted by Gasteiger charge is 2.35. The normalized spacial score (nSPS) is 13.5. The Hall–Kier alpha value is -3.18. The number of hydrogen-bond donors (Lipinski definition) is 2. The van der Waals surface area contributed by atoms with Gasteiger partial charge in [-0.1, -0.05) is 18.2 Å². The quantitative estimate of drug-likeness (QED) is 0.602. The predicted octanol–water partition coefficient (Wildman–Crippen LogP) is 3.25. The fourth-order valence-electron chi connectivity index (χ4n) is 3.09. The summed E-state index contributed by atoms with van der Waals surface area (Å²) >= 11 is 0. The molecule has 2 aromatic carbocycles. The molecule has 0 saturated carbocycles. The fourth-order valence-corrected chi connectivity index (χ4v) is 3.09. The standard InChI is InChI=1S/C20H17N3O2/c1-25-18-5-3-14-10-17(4-2-15(14)11-18)20(24,19-12-22-13-23-19)16-6-8-21-9-7-16/h2-13,24H,1H3,(H,22,23). The summed E-state index contributed by atoms with van der Waals surface area (Å²) in [7, 11) is 1.65. The predicted molar refractivity (Wildman–Crippen MR) is 95.4 cm³/mol. The van der Waals surface area contributed by atoms with Crippen LogP contribution in [0.15, 0.2) is 73.4 Å². The SMILES string of the molecule is COc1ccc2cc(C(O)(c3ccncc3)c3c[nH]cn3)ccc2c1. The minimum Gasteiger partial charge on any atom is -0.497 e. The van der Waals surface area contributed by atoms with Crippen LogP contribution in [0.4, 0.5) is 0 Å². The van der Waals surface area contributed by atoms with E-state index in [0.29, 0.717) is 11.3 Å². The van der Waals surface area contributed by atoms with Crippen molar-refractivity contribution in [3.8, 4) is 5.75 Å². The average Bonchev–Trinajstić information content (AvgIpc) is 3.22. The van der Waals surface area contributed by atoms with Gasteiger partial charge in [0.05, 0.1) is 19.1 Å². The van der Waals surface area contributed by atoms with E-state index < -0.39 is 5.60 Å². The molecule has 0 aliphatic heterocycles. The number of hydrogen-bond acceptors (Lipinski definition) is 4. The smallest absolute Gasteiger partial charge is 0.158 e. The maximum Gasteiger partial charge on any atom is 0.158 e. The number of benzene rings is 2. The third-order valence-corrected chi connectivity index (χ3v) is 4.43. The van der Waals surface area contributed by atoms with Crippen molar-refractivity contribution in [3.63, 3.8) is 0 Å². The summed E-state index contributed by atoms with van der Waals surface area (Å²) in [6, 6.07) is 15.3. The highest BCUT2D eigenvalue weighted by atomic mass is 16.5. The van der Waals surface area contributed by atoms with Crippen molar-refractivity contribution in [2.24, 2.45) is 0 Å².